The monoisotopic (exact) mass is 870 g/mol. The van der Waals surface area contributed by atoms with Gasteiger partial charge in [0.1, 0.15) is 23.2 Å². The molecule has 0 aliphatic heterocycles. The molecule has 0 radical (unpaired) electrons. The van der Waals surface area contributed by atoms with Gasteiger partial charge in [-0.1, -0.05) is 32.0 Å². The molecule has 5 aromatic rings. The molecule has 13 nitrogen and oxygen atoms in total. The Morgan fingerprint density at radius 2 is 1.20 bits per heavy atom. The molecule has 55 heavy (non-hydrogen) atoms. The normalized spacial score (nSPS) is 11.4. The van der Waals surface area contributed by atoms with E-state index in [1.165, 1.54) is 30.3 Å². The fraction of sp³-hybridized carbons (Fsp3) is 0.118. The van der Waals surface area contributed by atoms with E-state index in [9.17, 15) is 48.4 Å². The van der Waals surface area contributed by atoms with Gasteiger partial charge in [0, 0.05) is 11.6 Å². The van der Waals surface area contributed by atoms with E-state index in [1.807, 2.05) is 13.8 Å². The summed E-state index contributed by atoms with van der Waals surface area (Å²) in [5, 5.41) is -1.08. The number of hydrogen-bond acceptors (Lipinski definition) is 11. The van der Waals surface area contributed by atoms with E-state index in [0.717, 1.165) is 48.5 Å². The maximum atomic E-state index is 14.8. The molecule has 6 N–H and O–H groups in total. The Bertz CT molecular complexity index is 2510. The van der Waals surface area contributed by atoms with Crippen LogP contribution < -0.4 is 25.6 Å². The quantitative estimate of drug-likeness (QED) is 0.0984. The highest BCUT2D eigenvalue weighted by atomic mass is 79.9. The topological polar surface area (TPSA) is 214 Å². The highest BCUT2D eigenvalue weighted by Gasteiger charge is 2.26. The molecule has 290 valence electrons. The SMILES string of the molecule is CC(C)COc1cc(F)cc(-c2ccc(C(=O)NS(=O)(=O)c3cccc(N)n3)c(F)c2F)c1.Nc1cccc(S(=O)(=O)NC(=O)c2ccc(Br)c(F)c2F)n1. The fourth-order valence-electron chi connectivity index (χ4n) is 4.33. The van der Waals surface area contributed by atoms with E-state index < -0.39 is 82.1 Å². The second-order valence-electron chi connectivity index (χ2n) is 11.6. The Balaban J connectivity index is 0.000000265. The number of nitrogens with two attached hydrogens (primary N) is 2. The minimum Gasteiger partial charge on any atom is -0.493 e. The Morgan fingerprint density at radius 3 is 1.69 bits per heavy atom. The lowest BCUT2D eigenvalue weighted by molar-refractivity contribution is 0.0967. The van der Waals surface area contributed by atoms with Crippen LogP contribution in [0, 0.1) is 35.0 Å². The number of carbonyl (C=O) groups is 2. The molecule has 2 heterocycles. The lowest BCUT2D eigenvalue weighted by atomic mass is 10.0. The largest absolute Gasteiger partial charge is 0.493 e. The lowest BCUT2D eigenvalue weighted by Crippen LogP contribution is -2.32. The minimum atomic E-state index is -4.49. The number of aromatic nitrogens is 2. The summed E-state index contributed by atoms with van der Waals surface area (Å²) in [6, 6.07) is 14.9. The number of amides is 2. The van der Waals surface area contributed by atoms with E-state index in [2.05, 4.69) is 25.9 Å². The number of halogens is 6. The summed E-state index contributed by atoms with van der Waals surface area (Å²) in [4.78, 5) is 31.3. The van der Waals surface area contributed by atoms with Gasteiger partial charge < -0.3 is 16.2 Å². The van der Waals surface area contributed by atoms with Crippen molar-refractivity contribution in [1.82, 2.24) is 19.4 Å². The number of benzene rings is 3. The molecule has 21 heteroatoms. The average Bonchev–Trinajstić information content (AvgIpc) is 3.10. The van der Waals surface area contributed by atoms with Crippen LogP contribution in [0.2, 0.25) is 0 Å². The first-order chi connectivity index (χ1) is 25.7. The third-order valence-corrected chi connectivity index (χ3v) is 9.94. The summed E-state index contributed by atoms with van der Waals surface area (Å²) < 4.78 is 128. The molecule has 3 aromatic carbocycles. The number of ether oxygens (including phenoxy) is 1. The summed E-state index contributed by atoms with van der Waals surface area (Å²) >= 11 is 2.75. The van der Waals surface area contributed by atoms with Crippen LogP contribution in [0.1, 0.15) is 34.6 Å². The molecule has 0 atom stereocenters. The molecule has 2 aromatic heterocycles. The van der Waals surface area contributed by atoms with Gasteiger partial charge in [0.05, 0.1) is 22.2 Å². The van der Waals surface area contributed by atoms with Crippen LogP contribution in [-0.4, -0.2) is 45.2 Å². The van der Waals surface area contributed by atoms with Crippen molar-refractivity contribution in [2.24, 2.45) is 5.92 Å². The summed E-state index contributed by atoms with van der Waals surface area (Å²) in [6.45, 7) is 4.07. The Morgan fingerprint density at radius 1 is 0.709 bits per heavy atom. The van der Waals surface area contributed by atoms with Crippen molar-refractivity contribution in [1.29, 1.82) is 0 Å². The Hall–Kier alpha value is -5.67. The average molecular weight is 872 g/mol. The summed E-state index contributed by atoms with van der Waals surface area (Å²) in [5.41, 5.74) is 8.81. The lowest BCUT2D eigenvalue weighted by Gasteiger charge is -2.12. The van der Waals surface area contributed by atoms with E-state index in [0.29, 0.717) is 0 Å². The Labute approximate surface area is 319 Å². The van der Waals surface area contributed by atoms with Gasteiger partial charge >= 0.3 is 0 Å². The highest BCUT2D eigenvalue weighted by molar-refractivity contribution is 9.10. The van der Waals surface area contributed by atoms with Crippen LogP contribution in [0.25, 0.3) is 11.1 Å². The van der Waals surface area contributed by atoms with Gasteiger partial charge in [0.15, 0.2) is 33.3 Å². The summed E-state index contributed by atoms with van der Waals surface area (Å²) in [7, 11) is -8.85. The standard InChI is InChI=1S/C22H20F3N3O4S.C12H8BrF2N3O3S/c1-12(2)11-32-15-9-13(8-14(23)10-15)16-6-7-17(21(25)20(16)24)22(29)28-33(30,31)19-5-3-4-18(26)27-19;13-7-5-4-6(10(14)11(7)15)12(19)18-22(20,21)9-3-1-2-8(16)17-9/h3-10,12H,11H2,1-2H3,(H2,26,27)(H,28,29);1-5H,(H2,16,17)(H,18,19). The minimum absolute atomic E-state index is 0.0197. The predicted octanol–water partition coefficient (Wildman–Crippen LogP) is 5.72. The van der Waals surface area contributed by atoms with Gasteiger partial charge in [0.2, 0.25) is 0 Å². The predicted molar refractivity (Wildman–Crippen MR) is 193 cm³/mol. The van der Waals surface area contributed by atoms with Gasteiger partial charge in [0.25, 0.3) is 31.9 Å². The first kappa shape index (κ1) is 42.1. The van der Waals surface area contributed by atoms with E-state index in [1.54, 1.807) is 9.44 Å². The van der Waals surface area contributed by atoms with Crippen molar-refractivity contribution < 1.29 is 53.1 Å². The maximum Gasteiger partial charge on any atom is 0.281 e. The summed E-state index contributed by atoms with van der Waals surface area (Å²) in [5.74, 6) is -9.20. The first-order valence-electron chi connectivity index (χ1n) is 15.3. The number of nitrogens with one attached hydrogen (secondary N) is 2. The van der Waals surface area contributed by atoms with Crippen LogP contribution in [0.3, 0.4) is 0 Å². The van der Waals surface area contributed by atoms with Gasteiger partial charge in [-0.25, -0.2) is 41.4 Å². The molecule has 2 amide bonds. The van der Waals surface area contributed by atoms with Crippen molar-refractivity contribution in [2.75, 3.05) is 18.1 Å². The number of hydrogen-bond donors (Lipinski definition) is 4. The molecule has 0 saturated heterocycles. The number of sulfonamides is 2. The van der Waals surface area contributed by atoms with Crippen molar-refractivity contribution in [2.45, 2.75) is 23.9 Å². The van der Waals surface area contributed by atoms with Crippen LogP contribution >= 0.6 is 15.9 Å². The molecule has 0 fully saturated rings. The molecule has 5 rings (SSSR count). The number of anilines is 2. The highest BCUT2D eigenvalue weighted by Crippen LogP contribution is 2.31. The van der Waals surface area contributed by atoms with Gasteiger partial charge in [-0.05, 0) is 82.0 Å². The number of carbonyl (C=O) groups excluding carboxylic acids is 2. The number of nitrogens with zero attached hydrogens (tertiary/aromatic N) is 2. The zero-order valence-electron chi connectivity index (χ0n) is 28.3. The number of pyridine rings is 2. The van der Waals surface area contributed by atoms with E-state index in [-0.39, 0.29) is 45.5 Å². The van der Waals surface area contributed by atoms with Crippen molar-refractivity contribution in [3.05, 3.63) is 124 Å². The van der Waals surface area contributed by atoms with Crippen molar-refractivity contribution in [3.8, 4) is 16.9 Å². The molecule has 0 unspecified atom stereocenters. The van der Waals surface area contributed by atoms with E-state index in [4.69, 9.17) is 16.2 Å². The Kier molecular flexibility index (Phi) is 13.2. The molecule has 0 spiro atoms. The third kappa shape index (κ3) is 10.5. The zero-order chi connectivity index (χ0) is 40.8. The fourth-order valence-corrected chi connectivity index (χ4v) is 6.52. The second kappa shape index (κ2) is 17.2. The molecule has 0 bridgehead atoms. The van der Waals surface area contributed by atoms with Crippen molar-refractivity contribution in [3.63, 3.8) is 0 Å². The molecule has 0 aliphatic carbocycles. The van der Waals surface area contributed by atoms with Crippen LogP contribution in [-0.2, 0) is 20.0 Å². The smallest absolute Gasteiger partial charge is 0.281 e. The van der Waals surface area contributed by atoms with Gasteiger partial charge in [-0.15, -0.1) is 0 Å². The first-order valence-corrected chi connectivity index (χ1v) is 19.1. The van der Waals surface area contributed by atoms with Crippen LogP contribution in [0.4, 0.5) is 33.6 Å². The molecular formula is C34H28BrF5N6O7S2. The third-order valence-electron chi connectivity index (χ3n) is 6.87. The number of nitrogen functional groups attached to an aromatic ring is 2. The number of rotatable bonds is 10. The van der Waals surface area contributed by atoms with E-state index >= 15 is 0 Å². The maximum absolute atomic E-state index is 14.8. The van der Waals surface area contributed by atoms with Crippen LogP contribution in [0.15, 0.2) is 93.4 Å². The molecular weight excluding hydrogens is 843 g/mol. The molecule has 0 aliphatic rings. The van der Waals surface area contributed by atoms with Gasteiger partial charge in [-0.3, -0.25) is 9.59 Å². The van der Waals surface area contributed by atoms with Crippen molar-refractivity contribution >= 4 is 59.4 Å². The zero-order valence-corrected chi connectivity index (χ0v) is 31.5. The second-order valence-corrected chi connectivity index (χ2v) is 15.7. The van der Waals surface area contributed by atoms with Crippen LogP contribution in [0.5, 0.6) is 5.75 Å². The molecule has 0 saturated carbocycles. The van der Waals surface area contributed by atoms with Gasteiger partial charge in [-0.2, -0.15) is 16.8 Å². The summed E-state index contributed by atoms with van der Waals surface area (Å²) in [6.07, 6.45) is 0.